The quantitative estimate of drug-likeness (QED) is 0.790. The predicted octanol–water partition coefficient (Wildman–Crippen LogP) is -0.295. The molecule has 2 rings (SSSR count). The van der Waals surface area contributed by atoms with Crippen LogP contribution < -0.4 is 10.6 Å². The molecular formula is C14H20N4O3. The van der Waals surface area contributed by atoms with Gasteiger partial charge in [-0.1, -0.05) is 6.07 Å². The molecule has 3 N–H and O–H groups in total. The van der Waals surface area contributed by atoms with Gasteiger partial charge in [-0.15, -0.1) is 0 Å². The lowest BCUT2D eigenvalue weighted by atomic mass is 10.1. The molecule has 7 heteroatoms. The highest BCUT2D eigenvalue weighted by molar-refractivity contribution is 5.74. The van der Waals surface area contributed by atoms with E-state index in [1.165, 1.54) is 0 Å². The number of anilines is 1. The molecule has 0 spiro atoms. The molecule has 7 nitrogen and oxygen atoms in total. The second-order valence-corrected chi connectivity index (χ2v) is 5.17. The van der Waals surface area contributed by atoms with Crippen LogP contribution in [0, 0.1) is 0 Å². The van der Waals surface area contributed by atoms with Crippen LogP contribution in [-0.4, -0.2) is 59.1 Å². The van der Waals surface area contributed by atoms with E-state index in [1.807, 2.05) is 17.0 Å². The number of carbonyl (C=O) groups is 2. The van der Waals surface area contributed by atoms with Crippen LogP contribution in [0.5, 0.6) is 0 Å². The van der Waals surface area contributed by atoms with Gasteiger partial charge in [0.1, 0.15) is 11.9 Å². The molecule has 1 atom stereocenters. The van der Waals surface area contributed by atoms with Crippen LogP contribution in [0.2, 0.25) is 0 Å². The van der Waals surface area contributed by atoms with Crippen molar-refractivity contribution in [2.24, 2.45) is 5.73 Å². The second-order valence-electron chi connectivity index (χ2n) is 5.17. The predicted molar refractivity (Wildman–Crippen MR) is 78.0 cm³/mol. The van der Waals surface area contributed by atoms with Crippen LogP contribution >= 0.6 is 0 Å². The zero-order valence-corrected chi connectivity index (χ0v) is 12.0. The van der Waals surface area contributed by atoms with Gasteiger partial charge in [0.15, 0.2) is 0 Å². The molecule has 1 aliphatic heterocycles. The summed E-state index contributed by atoms with van der Waals surface area (Å²) in [5.74, 6) is -0.0779. The highest BCUT2D eigenvalue weighted by Crippen LogP contribution is 2.14. The van der Waals surface area contributed by atoms with Gasteiger partial charge >= 0.3 is 5.97 Å². The summed E-state index contributed by atoms with van der Waals surface area (Å²) in [6.07, 6.45) is 1.93. The summed E-state index contributed by atoms with van der Waals surface area (Å²) in [5, 5.41) is 8.79. The summed E-state index contributed by atoms with van der Waals surface area (Å²) >= 11 is 0. The van der Waals surface area contributed by atoms with Crippen molar-refractivity contribution in [1.29, 1.82) is 0 Å². The number of nitrogens with two attached hydrogens (primary N) is 1. The largest absolute Gasteiger partial charge is 0.480 e. The number of aromatic nitrogens is 1. The van der Waals surface area contributed by atoms with Gasteiger partial charge in [-0.2, -0.15) is 0 Å². The van der Waals surface area contributed by atoms with Gasteiger partial charge in [0, 0.05) is 39.3 Å². The molecule has 1 aliphatic rings. The van der Waals surface area contributed by atoms with Crippen molar-refractivity contribution in [3.05, 3.63) is 23.9 Å². The van der Waals surface area contributed by atoms with Gasteiger partial charge in [-0.25, -0.2) is 4.98 Å². The van der Waals surface area contributed by atoms with E-state index >= 15 is 0 Å². The number of carbonyl (C=O) groups excluding carboxylic acids is 1. The first-order valence-electron chi connectivity index (χ1n) is 6.91. The van der Waals surface area contributed by atoms with Gasteiger partial charge in [-0.3, -0.25) is 9.59 Å². The van der Waals surface area contributed by atoms with Gasteiger partial charge < -0.3 is 20.6 Å². The number of amides is 1. The highest BCUT2D eigenvalue weighted by atomic mass is 16.4. The standard InChI is InChI=1S/C14H20N4O3/c1-10(19)17-4-6-18(7-5-17)13-3-2-11(9-16-13)8-12(15)14(20)21/h2-3,9,12H,4-8,15H2,1H3,(H,20,21). The molecule has 1 aromatic heterocycles. The van der Waals surface area contributed by atoms with Crippen molar-refractivity contribution in [3.63, 3.8) is 0 Å². The lowest BCUT2D eigenvalue weighted by Gasteiger charge is -2.34. The topological polar surface area (TPSA) is 99.8 Å². The van der Waals surface area contributed by atoms with Crippen molar-refractivity contribution in [3.8, 4) is 0 Å². The third kappa shape index (κ3) is 3.91. The molecule has 0 bridgehead atoms. The number of aliphatic carboxylic acids is 1. The number of hydrogen-bond donors (Lipinski definition) is 2. The molecule has 1 saturated heterocycles. The average Bonchev–Trinajstić information content (AvgIpc) is 2.48. The van der Waals surface area contributed by atoms with E-state index in [-0.39, 0.29) is 12.3 Å². The Morgan fingerprint density at radius 2 is 2.00 bits per heavy atom. The lowest BCUT2D eigenvalue weighted by Crippen LogP contribution is -2.48. The highest BCUT2D eigenvalue weighted by Gasteiger charge is 2.19. The number of rotatable bonds is 4. The molecule has 0 aromatic carbocycles. The maximum absolute atomic E-state index is 11.3. The van der Waals surface area contributed by atoms with E-state index in [0.717, 1.165) is 24.5 Å². The Bertz CT molecular complexity index is 509. The Labute approximate surface area is 123 Å². The van der Waals surface area contributed by atoms with E-state index in [1.54, 1.807) is 13.1 Å². The van der Waals surface area contributed by atoms with Crippen molar-refractivity contribution < 1.29 is 14.7 Å². The van der Waals surface area contributed by atoms with Crippen LogP contribution in [-0.2, 0) is 16.0 Å². The molecule has 114 valence electrons. The Kier molecular flexibility index (Phi) is 4.74. The molecule has 0 aliphatic carbocycles. The molecule has 2 heterocycles. The molecule has 1 unspecified atom stereocenters. The Morgan fingerprint density at radius 3 is 2.48 bits per heavy atom. The van der Waals surface area contributed by atoms with Crippen LogP contribution in [0.4, 0.5) is 5.82 Å². The summed E-state index contributed by atoms with van der Waals surface area (Å²) < 4.78 is 0. The summed E-state index contributed by atoms with van der Waals surface area (Å²) in [5.41, 5.74) is 6.30. The third-order valence-electron chi connectivity index (χ3n) is 3.63. The van der Waals surface area contributed by atoms with Gasteiger partial charge in [0.05, 0.1) is 0 Å². The van der Waals surface area contributed by atoms with Gasteiger partial charge in [0.25, 0.3) is 0 Å². The Hall–Kier alpha value is -2.15. The number of carboxylic acid groups (broad SMARTS) is 1. The summed E-state index contributed by atoms with van der Waals surface area (Å²) in [7, 11) is 0. The zero-order valence-electron chi connectivity index (χ0n) is 12.0. The summed E-state index contributed by atoms with van der Waals surface area (Å²) in [6.45, 7) is 4.47. The van der Waals surface area contributed by atoms with Crippen molar-refractivity contribution in [2.45, 2.75) is 19.4 Å². The van der Waals surface area contributed by atoms with E-state index in [4.69, 9.17) is 10.8 Å². The van der Waals surface area contributed by atoms with E-state index in [2.05, 4.69) is 9.88 Å². The van der Waals surface area contributed by atoms with E-state index in [0.29, 0.717) is 13.1 Å². The molecule has 1 amide bonds. The van der Waals surface area contributed by atoms with Crippen LogP contribution in [0.3, 0.4) is 0 Å². The normalized spacial score (nSPS) is 16.7. The number of piperazine rings is 1. The van der Waals surface area contributed by atoms with Crippen LogP contribution in [0.1, 0.15) is 12.5 Å². The second kappa shape index (κ2) is 6.53. The Morgan fingerprint density at radius 1 is 1.33 bits per heavy atom. The fourth-order valence-electron chi connectivity index (χ4n) is 2.32. The molecule has 21 heavy (non-hydrogen) atoms. The maximum Gasteiger partial charge on any atom is 0.320 e. The number of hydrogen-bond acceptors (Lipinski definition) is 5. The molecule has 1 aromatic rings. The molecule has 1 fully saturated rings. The lowest BCUT2D eigenvalue weighted by molar-refractivity contribution is -0.138. The minimum Gasteiger partial charge on any atom is -0.480 e. The third-order valence-corrected chi connectivity index (χ3v) is 3.63. The van der Waals surface area contributed by atoms with Gasteiger partial charge in [0.2, 0.25) is 5.91 Å². The summed E-state index contributed by atoms with van der Waals surface area (Å²) in [6, 6.07) is 2.81. The number of pyridine rings is 1. The summed E-state index contributed by atoms with van der Waals surface area (Å²) in [4.78, 5) is 30.3. The zero-order chi connectivity index (χ0) is 15.4. The first-order valence-corrected chi connectivity index (χ1v) is 6.91. The number of carboxylic acids is 1. The first-order chi connectivity index (χ1) is 9.97. The SMILES string of the molecule is CC(=O)N1CCN(c2ccc(CC(N)C(=O)O)cn2)CC1. The van der Waals surface area contributed by atoms with E-state index in [9.17, 15) is 9.59 Å². The smallest absolute Gasteiger partial charge is 0.320 e. The van der Waals surface area contributed by atoms with Crippen molar-refractivity contribution in [2.75, 3.05) is 31.1 Å². The first kappa shape index (κ1) is 15.2. The fraction of sp³-hybridized carbons (Fsp3) is 0.500. The molecular weight excluding hydrogens is 272 g/mol. The molecule has 0 radical (unpaired) electrons. The van der Waals surface area contributed by atoms with Gasteiger partial charge in [-0.05, 0) is 18.1 Å². The monoisotopic (exact) mass is 292 g/mol. The van der Waals surface area contributed by atoms with Crippen molar-refractivity contribution >= 4 is 17.7 Å². The average molecular weight is 292 g/mol. The molecule has 0 saturated carbocycles. The number of nitrogens with zero attached hydrogens (tertiary/aromatic N) is 3. The fourth-order valence-corrected chi connectivity index (χ4v) is 2.32. The van der Waals surface area contributed by atoms with Crippen LogP contribution in [0.25, 0.3) is 0 Å². The maximum atomic E-state index is 11.3. The van der Waals surface area contributed by atoms with Crippen LogP contribution in [0.15, 0.2) is 18.3 Å². The van der Waals surface area contributed by atoms with Crippen molar-refractivity contribution in [1.82, 2.24) is 9.88 Å². The Balaban J connectivity index is 1.94. The minimum atomic E-state index is -1.01. The minimum absolute atomic E-state index is 0.0978. The van der Waals surface area contributed by atoms with E-state index < -0.39 is 12.0 Å².